The first-order valence-corrected chi connectivity index (χ1v) is 5.16. The molecule has 0 bridgehead atoms. The number of rotatable bonds is 6. The minimum Gasteiger partial charge on any atom is -0.396 e. The van der Waals surface area contributed by atoms with E-state index >= 15 is 0 Å². The zero-order chi connectivity index (χ0) is 9.40. The van der Waals surface area contributed by atoms with Gasteiger partial charge in [0.1, 0.15) is 0 Å². The third-order valence-corrected chi connectivity index (χ3v) is 2.59. The minimum absolute atomic E-state index is 0.0374. The molecule has 1 amide bonds. The molecule has 0 rings (SSSR count). The molecule has 0 aliphatic carbocycles. The number of unbranched alkanes of at least 4 members (excludes halogenated alkanes) is 1. The highest BCUT2D eigenvalue weighted by Crippen LogP contribution is 2.03. The van der Waals surface area contributed by atoms with Crippen molar-refractivity contribution in [3.8, 4) is 0 Å². The van der Waals surface area contributed by atoms with Crippen LogP contribution in [-0.2, 0) is 4.79 Å². The molecule has 12 heavy (non-hydrogen) atoms. The number of hydrogen-bond acceptors (Lipinski definition) is 2. The maximum absolute atomic E-state index is 11.1. The molecule has 0 saturated carbocycles. The van der Waals surface area contributed by atoms with Crippen molar-refractivity contribution in [1.82, 2.24) is 5.32 Å². The van der Waals surface area contributed by atoms with Gasteiger partial charge >= 0.3 is 0 Å². The molecular weight excluding hydrogens is 222 g/mol. The summed E-state index contributed by atoms with van der Waals surface area (Å²) in [5, 5.41) is 11.2. The molecular formula is C8H16BrNO2. The van der Waals surface area contributed by atoms with Gasteiger partial charge in [-0.1, -0.05) is 22.9 Å². The number of carbonyl (C=O) groups excluding carboxylic acids is 1. The number of hydrogen-bond donors (Lipinski definition) is 2. The van der Waals surface area contributed by atoms with E-state index in [4.69, 9.17) is 5.11 Å². The molecule has 0 aromatic rings. The first-order valence-electron chi connectivity index (χ1n) is 4.25. The van der Waals surface area contributed by atoms with Crippen molar-refractivity contribution in [3.63, 3.8) is 0 Å². The lowest BCUT2D eigenvalue weighted by Crippen LogP contribution is -2.31. The fourth-order valence-corrected chi connectivity index (χ4v) is 0.906. The van der Waals surface area contributed by atoms with Gasteiger partial charge in [-0.3, -0.25) is 4.79 Å². The second-order valence-corrected chi connectivity index (χ2v) is 3.70. The second kappa shape index (κ2) is 7.55. The van der Waals surface area contributed by atoms with Crippen molar-refractivity contribution < 1.29 is 9.90 Å². The third kappa shape index (κ3) is 5.55. The van der Waals surface area contributed by atoms with Crippen LogP contribution in [0.1, 0.15) is 26.2 Å². The molecule has 72 valence electrons. The van der Waals surface area contributed by atoms with Gasteiger partial charge in [-0.15, -0.1) is 0 Å². The van der Waals surface area contributed by atoms with E-state index < -0.39 is 0 Å². The summed E-state index contributed by atoms with van der Waals surface area (Å²) in [6.07, 6.45) is 2.39. The van der Waals surface area contributed by atoms with Gasteiger partial charge in [0.15, 0.2) is 0 Å². The fraction of sp³-hybridized carbons (Fsp3) is 0.875. The molecule has 0 aromatic carbocycles. The molecule has 0 spiro atoms. The maximum atomic E-state index is 11.1. The van der Waals surface area contributed by atoms with Crippen LogP contribution in [-0.4, -0.2) is 29.0 Å². The molecule has 0 fully saturated rings. The highest BCUT2D eigenvalue weighted by Gasteiger charge is 2.10. The van der Waals surface area contributed by atoms with Crippen LogP contribution in [0.5, 0.6) is 0 Å². The number of nitrogens with one attached hydrogen (secondary N) is 1. The molecule has 0 aliphatic heterocycles. The Morgan fingerprint density at radius 2 is 2.25 bits per heavy atom. The molecule has 0 saturated heterocycles. The smallest absolute Gasteiger partial charge is 0.233 e. The molecule has 0 heterocycles. The average Bonchev–Trinajstić information content (AvgIpc) is 2.10. The second-order valence-electron chi connectivity index (χ2n) is 2.60. The Morgan fingerprint density at radius 1 is 1.58 bits per heavy atom. The van der Waals surface area contributed by atoms with E-state index in [-0.39, 0.29) is 17.3 Å². The molecule has 4 heteroatoms. The number of carbonyl (C=O) groups is 1. The van der Waals surface area contributed by atoms with Gasteiger partial charge in [-0.25, -0.2) is 0 Å². The summed E-state index contributed by atoms with van der Waals surface area (Å²) in [6, 6.07) is 0. The topological polar surface area (TPSA) is 49.3 Å². The monoisotopic (exact) mass is 237 g/mol. The summed E-state index contributed by atoms with van der Waals surface area (Å²) in [5.74, 6) is 0.0374. The van der Waals surface area contributed by atoms with Gasteiger partial charge in [-0.2, -0.15) is 0 Å². The number of amides is 1. The zero-order valence-electron chi connectivity index (χ0n) is 7.35. The van der Waals surface area contributed by atoms with Crippen molar-refractivity contribution in [2.24, 2.45) is 0 Å². The Bertz CT molecular complexity index is 130. The standard InChI is InChI=1S/C8H16BrNO2/c1-2-7(9)8(12)10-5-3-4-6-11/h7,11H,2-6H2,1H3,(H,10,12). The lowest BCUT2D eigenvalue weighted by Gasteiger charge is -2.07. The summed E-state index contributed by atoms with van der Waals surface area (Å²) < 4.78 is 0. The van der Waals surface area contributed by atoms with Crippen molar-refractivity contribution in [3.05, 3.63) is 0 Å². The zero-order valence-corrected chi connectivity index (χ0v) is 8.93. The Labute approximate surface area is 81.7 Å². The van der Waals surface area contributed by atoms with Gasteiger partial charge < -0.3 is 10.4 Å². The van der Waals surface area contributed by atoms with Crippen molar-refractivity contribution >= 4 is 21.8 Å². The van der Waals surface area contributed by atoms with Crippen LogP contribution in [0.25, 0.3) is 0 Å². The number of halogens is 1. The highest BCUT2D eigenvalue weighted by molar-refractivity contribution is 9.10. The van der Waals surface area contributed by atoms with E-state index in [1.54, 1.807) is 0 Å². The van der Waals surface area contributed by atoms with Crippen LogP contribution in [0, 0.1) is 0 Å². The minimum atomic E-state index is -0.0772. The van der Waals surface area contributed by atoms with E-state index in [1.807, 2.05) is 6.92 Å². The molecule has 0 radical (unpaired) electrons. The SMILES string of the molecule is CCC(Br)C(=O)NCCCCO. The van der Waals surface area contributed by atoms with Crippen LogP contribution in [0.2, 0.25) is 0 Å². The summed E-state index contributed by atoms with van der Waals surface area (Å²) >= 11 is 3.25. The summed E-state index contributed by atoms with van der Waals surface area (Å²) in [5.41, 5.74) is 0. The lowest BCUT2D eigenvalue weighted by atomic mass is 10.3. The Balaban J connectivity index is 3.31. The molecule has 0 aliphatic rings. The lowest BCUT2D eigenvalue weighted by molar-refractivity contribution is -0.120. The number of aliphatic hydroxyl groups is 1. The van der Waals surface area contributed by atoms with Gasteiger partial charge in [-0.05, 0) is 19.3 Å². The Hall–Kier alpha value is -0.0900. The molecule has 0 aromatic heterocycles. The summed E-state index contributed by atoms with van der Waals surface area (Å²) in [6.45, 7) is 2.80. The van der Waals surface area contributed by atoms with Crippen LogP contribution < -0.4 is 5.32 Å². The predicted molar refractivity (Wildman–Crippen MR) is 52.3 cm³/mol. The van der Waals surface area contributed by atoms with E-state index in [2.05, 4.69) is 21.2 Å². The number of alkyl halides is 1. The Morgan fingerprint density at radius 3 is 2.75 bits per heavy atom. The molecule has 1 atom stereocenters. The van der Waals surface area contributed by atoms with E-state index in [9.17, 15) is 4.79 Å². The maximum Gasteiger partial charge on any atom is 0.233 e. The summed E-state index contributed by atoms with van der Waals surface area (Å²) in [7, 11) is 0. The van der Waals surface area contributed by atoms with Crippen molar-refractivity contribution in [2.75, 3.05) is 13.2 Å². The van der Waals surface area contributed by atoms with Gasteiger partial charge in [0, 0.05) is 13.2 Å². The number of aliphatic hydroxyl groups excluding tert-OH is 1. The van der Waals surface area contributed by atoms with Crippen LogP contribution in [0.15, 0.2) is 0 Å². The predicted octanol–water partition coefficient (Wildman–Crippen LogP) is 1.05. The molecule has 1 unspecified atom stereocenters. The molecule has 3 nitrogen and oxygen atoms in total. The summed E-state index contributed by atoms with van der Waals surface area (Å²) in [4.78, 5) is 11.0. The average molecular weight is 238 g/mol. The van der Waals surface area contributed by atoms with E-state index in [1.165, 1.54) is 0 Å². The van der Waals surface area contributed by atoms with Gasteiger partial charge in [0.2, 0.25) is 5.91 Å². The Kier molecular flexibility index (Phi) is 7.50. The van der Waals surface area contributed by atoms with E-state index in [0.717, 1.165) is 19.3 Å². The highest BCUT2D eigenvalue weighted by atomic mass is 79.9. The van der Waals surface area contributed by atoms with Crippen molar-refractivity contribution in [2.45, 2.75) is 31.0 Å². The normalized spacial score (nSPS) is 12.6. The van der Waals surface area contributed by atoms with Crippen LogP contribution in [0.3, 0.4) is 0 Å². The first kappa shape index (κ1) is 11.9. The third-order valence-electron chi connectivity index (χ3n) is 1.53. The molecule has 2 N–H and O–H groups in total. The van der Waals surface area contributed by atoms with Crippen molar-refractivity contribution in [1.29, 1.82) is 0 Å². The largest absolute Gasteiger partial charge is 0.396 e. The van der Waals surface area contributed by atoms with Gasteiger partial charge in [0.25, 0.3) is 0 Å². The quantitative estimate of drug-likeness (QED) is 0.536. The first-order chi connectivity index (χ1) is 5.72. The van der Waals surface area contributed by atoms with Crippen LogP contribution >= 0.6 is 15.9 Å². The van der Waals surface area contributed by atoms with Crippen LogP contribution in [0.4, 0.5) is 0 Å². The fourth-order valence-electron chi connectivity index (χ4n) is 0.745. The van der Waals surface area contributed by atoms with E-state index in [0.29, 0.717) is 6.54 Å². The van der Waals surface area contributed by atoms with Gasteiger partial charge in [0.05, 0.1) is 4.83 Å².